The van der Waals surface area contributed by atoms with Crippen LogP contribution in [0.3, 0.4) is 0 Å². The Morgan fingerprint density at radius 2 is 1.21 bits per heavy atom. The fourth-order valence-electron chi connectivity index (χ4n) is 9.98. The third-order valence-corrected chi connectivity index (χ3v) is 15.9. The fraction of sp³-hybridized carbons (Fsp3) is 0.712. The number of carbonyl (C=O) groups excluding carboxylic acids is 11. The number of rotatable bonds is 31. The van der Waals surface area contributed by atoms with Gasteiger partial charge in [0.25, 0.3) is 0 Å². The number of nitrogens with one attached hydrogen (secondary N) is 8. The van der Waals surface area contributed by atoms with Gasteiger partial charge < -0.3 is 81.4 Å². The summed E-state index contributed by atoms with van der Waals surface area (Å²) in [7, 11) is 0. The van der Waals surface area contributed by atoms with Crippen molar-refractivity contribution < 1.29 is 63.0 Å². The maximum Gasteiger partial charge on any atom is 0.245 e. The molecule has 28 heteroatoms. The first kappa shape index (κ1) is 77.4. The number of unbranched alkanes of at least 4 members (excludes halogenated alkanes) is 1. The predicted octanol–water partition coefficient (Wildman–Crippen LogP) is -0.666. The van der Waals surface area contributed by atoms with Gasteiger partial charge in [-0.2, -0.15) is 0 Å². The summed E-state index contributed by atoms with van der Waals surface area (Å²) in [4.78, 5) is 155. The zero-order valence-electron chi connectivity index (χ0n) is 51.4. The van der Waals surface area contributed by atoms with Crippen LogP contribution in [0.2, 0.25) is 10.0 Å². The molecule has 1 aromatic rings. The molecule has 8 amide bonds. The molecule has 1 aliphatic heterocycles. The highest BCUT2D eigenvalue weighted by Crippen LogP contribution is 2.26. The molecule has 1 aliphatic rings. The van der Waals surface area contributed by atoms with Crippen molar-refractivity contribution in [3.05, 3.63) is 33.8 Å². The lowest BCUT2D eigenvalue weighted by molar-refractivity contribution is -0.137. The van der Waals surface area contributed by atoms with Gasteiger partial charge in [0.15, 0.2) is 11.6 Å². The fourth-order valence-corrected chi connectivity index (χ4v) is 10.5. The summed E-state index contributed by atoms with van der Waals surface area (Å²) in [5.74, 6) is -11.9. The molecule has 0 aliphatic carbocycles. The van der Waals surface area contributed by atoms with Crippen LogP contribution in [-0.2, 0) is 59.2 Å². The van der Waals surface area contributed by atoms with E-state index in [9.17, 15) is 63.0 Å². The highest BCUT2D eigenvalue weighted by molar-refractivity contribution is 6.35. The Labute approximate surface area is 521 Å². The second-order valence-corrected chi connectivity index (χ2v) is 24.1. The van der Waals surface area contributed by atoms with Gasteiger partial charge in [-0.05, 0) is 134 Å². The molecule has 492 valence electrons. The van der Waals surface area contributed by atoms with E-state index in [0.717, 1.165) is 19.3 Å². The first-order valence-electron chi connectivity index (χ1n) is 30.4. The molecule has 0 saturated carbocycles. The lowest BCUT2D eigenvalue weighted by atomic mass is 9.89. The number of carbonyl (C=O) groups is 11. The third kappa shape index (κ3) is 27.7. The largest absolute Gasteiger partial charge is 0.391 e. The molecule has 0 unspecified atom stereocenters. The van der Waals surface area contributed by atoms with E-state index >= 15 is 0 Å². The number of benzene rings is 1. The number of ketones is 3. The zero-order chi connectivity index (χ0) is 65.5. The van der Waals surface area contributed by atoms with E-state index in [1.165, 1.54) is 26.0 Å². The summed E-state index contributed by atoms with van der Waals surface area (Å²) < 4.78 is 0. The monoisotopic (exact) mass is 1270 g/mol. The molecule has 1 heterocycles. The highest BCUT2D eigenvalue weighted by atomic mass is 35.5. The van der Waals surface area contributed by atoms with Gasteiger partial charge in [-0.1, -0.05) is 76.2 Å². The van der Waals surface area contributed by atoms with Crippen LogP contribution in [0.4, 0.5) is 0 Å². The van der Waals surface area contributed by atoms with E-state index < -0.39 is 157 Å². The number of nitrogens with two attached hydrogens (primary N) is 5. The van der Waals surface area contributed by atoms with Crippen molar-refractivity contribution in [3.63, 3.8) is 0 Å². The number of aliphatic hydroxyl groups excluding tert-OH is 2. The summed E-state index contributed by atoms with van der Waals surface area (Å²) in [6, 6.07) is -5.88. The Morgan fingerprint density at radius 1 is 0.655 bits per heavy atom. The van der Waals surface area contributed by atoms with E-state index in [1.54, 1.807) is 19.9 Å². The van der Waals surface area contributed by atoms with Crippen LogP contribution in [0.1, 0.15) is 143 Å². The third-order valence-electron chi connectivity index (χ3n) is 15.3. The van der Waals surface area contributed by atoms with E-state index in [-0.39, 0.29) is 112 Å². The Hall–Kier alpha value is -5.71. The van der Waals surface area contributed by atoms with Crippen LogP contribution < -0.4 is 71.2 Å². The number of amides is 8. The molecule has 87 heavy (non-hydrogen) atoms. The Kier molecular flexibility index (Phi) is 36.3. The molecule has 1 fully saturated rings. The number of aliphatic hydroxyl groups is 2. The van der Waals surface area contributed by atoms with Crippen LogP contribution >= 0.6 is 23.2 Å². The molecule has 0 radical (unpaired) electrons. The molecule has 0 aromatic heterocycles. The Morgan fingerprint density at radius 3 is 1.75 bits per heavy atom. The van der Waals surface area contributed by atoms with Crippen molar-refractivity contribution in [1.29, 1.82) is 0 Å². The minimum Gasteiger partial charge on any atom is -0.391 e. The molecular formula is C59H99Cl2N13O13. The number of halogens is 2. The van der Waals surface area contributed by atoms with Crippen LogP contribution in [0.25, 0.3) is 0 Å². The van der Waals surface area contributed by atoms with Crippen LogP contribution in [0.15, 0.2) is 18.2 Å². The van der Waals surface area contributed by atoms with E-state index in [2.05, 4.69) is 56.4 Å². The average Bonchev–Trinajstić information content (AvgIpc) is 3.50. The van der Waals surface area contributed by atoms with Crippen molar-refractivity contribution in [2.75, 3.05) is 39.3 Å². The van der Waals surface area contributed by atoms with E-state index in [4.69, 9.17) is 51.9 Å². The van der Waals surface area contributed by atoms with Gasteiger partial charge in [0, 0.05) is 60.0 Å². The first-order valence-corrected chi connectivity index (χ1v) is 31.2. The van der Waals surface area contributed by atoms with Gasteiger partial charge in [-0.3, -0.25) is 52.7 Å². The molecule has 2 rings (SSSR count). The number of hydrogen-bond acceptors (Lipinski definition) is 18. The van der Waals surface area contributed by atoms with Gasteiger partial charge in [-0.15, -0.1) is 0 Å². The smallest absolute Gasteiger partial charge is 0.245 e. The SMILES string of the molecule is CC[C@H](C)CCCCC(=O)C[C@@H](CCN)C(=O)N[C@H](C(=O)C[C@@H](CCN)C(=O)N[C@H]1CCNC(=O)[C@H]([C@@H](C)O)NC(=O)[C@H](CCN)NC(=O)[C@H](CCN)NC(=O)[C@H](CC(C)C)NC(=O)[C@@H](Cc2ccc(Cl)cc2Cl)CC(=O)[C@H](CCN)NC1=O)[C@@H](C)O. The maximum absolute atomic E-state index is 14.6. The minimum atomic E-state index is -1.68. The molecular weight excluding hydrogens is 1170 g/mol. The lowest BCUT2D eigenvalue weighted by Crippen LogP contribution is -2.60. The summed E-state index contributed by atoms with van der Waals surface area (Å²) >= 11 is 12.8. The highest BCUT2D eigenvalue weighted by Gasteiger charge is 2.38. The standard InChI is InChI=1S/C59H99Cl2N13O13/c1-7-33(4)10-8-9-11-41(77)28-37(14-20-62)53(81)73-50(34(5)75)49(79)29-38(15-21-63)52(80)69-46-19-25-67-59(87)51(35(6)76)74-57(85)45(18-24-66)70-55(83)44(17-23-65)71-58(86)47(26-32(2)3)72-54(82)39(27-36-12-13-40(60)31-42(36)61)30-48(78)43(16-22-64)68-56(46)84/h12-13,31-35,37-39,43-47,50-51,75-76H,7-11,14-30,62-66H2,1-6H3,(H,67,87)(H,68,84)(H,69,80)(H,70,83)(H,71,86)(H,72,82)(H,73,81)(H,74,85)/t33-,34+,35+,37+,38+,39-,43-,44-,45-,46-,47-,50-,51-/m0/s1. The van der Waals surface area contributed by atoms with Crippen molar-refractivity contribution in [1.82, 2.24) is 42.5 Å². The zero-order valence-corrected chi connectivity index (χ0v) is 52.9. The molecule has 13 atom stereocenters. The molecule has 1 saturated heterocycles. The van der Waals surface area contributed by atoms with Crippen molar-refractivity contribution >= 4 is 87.8 Å². The Balaban J connectivity index is 2.72. The predicted molar refractivity (Wildman–Crippen MR) is 330 cm³/mol. The number of hydrogen-bond donors (Lipinski definition) is 15. The van der Waals surface area contributed by atoms with Crippen molar-refractivity contribution in [3.8, 4) is 0 Å². The second kappa shape index (κ2) is 40.8. The quantitative estimate of drug-likeness (QED) is 0.0410. The summed E-state index contributed by atoms with van der Waals surface area (Å²) in [6.45, 7) is 9.26. The van der Waals surface area contributed by atoms with Gasteiger partial charge in [-0.25, -0.2) is 0 Å². The van der Waals surface area contributed by atoms with Crippen molar-refractivity contribution in [2.24, 2.45) is 58.3 Å². The first-order chi connectivity index (χ1) is 41.1. The van der Waals surface area contributed by atoms with E-state index in [0.29, 0.717) is 17.9 Å². The van der Waals surface area contributed by atoms with Crippen molar-refractivity contribution in [2.45, 2.75) is 199 Å². The van der Waals surface area contributed by atoms with Gasteiger partial charge in [0.05, 0.1) is 18.2 Å². The minimum absolute atomic E-state index is 0.0344. The average molecular weight is 1270 g/mol. The molecule has 0 spiro atoms. The molecule has 1 aromatic carbocycles. The molecule has 26 nitrogen and oxygen atoms in total. The van der Waals surface area contributed by atoms with Gasteiger partial charge in [0.2, 0.25) is 47.3 Å². The van der Waals surface area contributed by atoms with Crippen LogP contribution in [0, 0.1) is 29.6 Å². The number of Topliss-reactive ketones (excluding diaryl/α,β-unsaturated/α-hetero) is 3. The second-order valence-electron chi connectivity index (χ2n) is 23.2. The Bertz CT molecular complexity index is 2440. The molecule has 0 bridgehead atoms. The normalized spacial score (nSPS) is 22.9. The summed E-state index contributed by atoms with van der Waals surface area (Å²) in [5.41, 5.74) is 29.9. The van der Waals surface area contributed by atoms with Gasteiger partial charge in [0.1, 0.15) is 42.0 Å². The summed E-state index contributed by atoms with van der Waals surface area (Å²) in [6.07, 6.45) is -1.81. The van der Waals surface area contributed by atoms with Gasteiger partial charge >= 0.3 is 0 Å². The topological polar surface area (TPSA) is 455 Å². The lowest BCUT2D eigenvalue weighted by Gasteiger charge is -2.28. The van der Waals surface area contributed by atoms with Crippen LogP contribution in [-0.4, -0.2) is 169 Å². The maximum atomic E-state index is 14.6. The molecule has 20 N–H and O–H groups in total. The summed E-state index contributed by atoms with van der Waals surface area (Å²) in [5, 5.41) is 42.8. The van der Waals surface area contributed by atoms with E-state index in [1.807, 2.05) is 0 Å². The van der Waals surface area contributed by atoms with Crippen LogP contribution in [0.5, 0.6) is 0 Å².